The molecule has 3 aromatic carbocycles. The molecule has 4 aromatic rings. The molecule has 172 valence electrons. The van der Waals surface area contributed by atoms with Gasteiger partial charge in [0.15, 0.2) is 0 Å². The van der Waals surface area contributed by atoms with Crippen molar-refractivity contribution in [2.45, 2.75) is 32.0 Å². The molecule has 0 aliphatic rings. The Bertz CT molecular complexity index is 1160. The third-order valence-corrected chi connectivity index (χ3v) is 5.68. The first-order valence-corrected chi connectivity index (χ1v) is 11.4. The summed E-state index contributed by atoms with van der Waals surface area (Å²) in [6.45, 7) is 0.592. The highest BCUT2D eigenvalue weighted by Gasteiger charge is 2.31. The number of carbonyl (C=O) groups excluding carboxylic acids is 2. The van der Waals surface area contributed by atoms with Crippen LogP contribution in [-0.2, 0) is 29.1 Å². The van der Waals surface area contributed by atoms with Crippen molar-refractivity contribution in [3.05, 3.63) is 132 Å². The Hall–Kier alpha value is -4.12. The molecule has 0 aliphatic heterocycles. The zero-order valence-electron chi connectivity index (χ0n) is 19.0. The van der Waals surface area contributed by atoms with Crippen molar-refractivity contribution in [3.8, 4) is 0 Å². The Morgan fingerprint density at radius 1 is 0.765 bits per heavy atom. The van der Waals surface area contributed by atoms with Crippen LogP contribution in [0.25, 0.3) is 0 Å². The fraction of sp³-hybridized carbons (Fsp3) is 0.172. The Kier molecular flexibility index (Phi) is 7.90. The highest BCUT2D eigenvalue weighted by atomic mass is 16.3. The third kappa shape index (κ3) is 6.23. The Labute approximate surface area is 200 Å². The molecule has 0 radical (unpaired) electrons. The molecule has 5 nitrogen and oxygen atoms in total. The lowest BCUT2D eigenvalue weighted by Crippen LogP contribution is -2.43. The van der Waals surface area contributed by atoms with Crippen molar-refractivity contribution in [2.75, 3.05) is 0 Å². The van der Waals surface area contributed by atoms with Crippen molar-refractivity contribution in [1.29, 1.82) is 0 Å². The minimum Gasteiger partial charge on any atom is -0.467 e. The summed E-state index contributed by atoms with van der Waals surface area (Å²) in [4.78, 5) is 28.8. The normalized spacial score (nSPS) is 11.5. The molecule has 4 rings (SSSR count). The van der Waals surface area contributed by atoms with Gasteiger partial charge in [-0.05, 0) is 35.2 Å². The summed E-state index contributed by atoms with van der Waals surface area (Å²) in [5.41, 5.74) is 2.83. The topological polar surface area (TPSA) is 62.6 Å². The van der Waals surface area contributed by atoms with Gasteiger partial charge in [0.2, 0.25) is 11.8 Å². The Morgan fingerprint density at radius 2 is 1.38 bits per heavy atom. The summed E-state index contributed by atoms with van der Waals surface area (Å²) < 4.78 is 5.37. The van der Waals surface area contributed by atoms with Crippen LogP contribution in [0.4, 0.5) is 0 Å². The van der Waals surface area contributed by atoms with Gasteiger partial charge in [-0.25, -0.2) is 0 Å². The lowest BCUT2D eigenvalue weighted by molar-refractivity contribution is -0.141. The van der Waals surface area contributed by atoms with Crippen LogP contribution in [-0.4, -0.2) is 16.7 Å². The van der Waals surface area contributed by atoms with Crippen LogP contribution in [0.2, 0.25) is 0 Å². The van der Waals surface area contributed by atoms with Gasteiger partial charge in [0, 0.05) is 13.0 Å². The average molecular weight is 453 g/mol. The molecule has 0 unspecified atom stereocenters. The van der Waals surface area contributed by atoms with Gasteiger partial charge in [-0.15, -0.1) is 0 Å². The number of benzene rings is 3. The number of aryl methyl sites for hydroxylation is 1. The van der Waals surface area contributed by atoms with E-state index in [2.05, 4.69) is 5.32 Å². The Morgan fingerprint density at radius 3 is 2.00 bits per heavy atom. The van der Waals surface area contributed by atoms with E-state index in [9.17, 15) is 9.59 Å². The van der Waals surface area contributed by atoms with Crippen molar-refractivity contribution in [3.63, 3.8) is 0 Å². The van der Waals surface area contributed by atoms with Gasteiger partial charge in [-0.2, -0.15) is 0 Å². The van der Waals surface area contributed by atoms with Crippen LogP contribution in [0.15, 0.2) is 114 Å². The number of hydrogen-bond acceptors (Lipinski definition) is 3. The van der Waals surface area contributed by atoms with Crippen LogP contribution in [0, 0.1) is 0 Å². The zero-order valence-corrected chi connectivity index (χ0v) is 19.0. The van der Waals surface area contributed by atoms with Crippen molar-refractivity contribution in [1.82, 2.24) is 10.2 Å². The summed E-state index contributed by atoms with van der Waals surface area (Å²) in [6, 6.07) is 32.0. The molecule has 2 amide bonds. The molecule has 0 fully saturated rings. The van der Waals surface area contributed by atoms with Gasteiger partial charge >= 0.3 is 0 Å². The van der Waals surface area contributed by atoms with Crippen LogP contribution >= 0.6 is 0 Å². The van der Waals surface area contributed by atoms with Gasteiger partial charge < -0.3 is 14.6 Å². The molecular formula is C29H28N2O3. The summed E-state index contributed by atoms with van der Waals surface area (Å²) in [5.74, 6) is 0.339. The molecule has 34 heavy (non-hydrogen) atoms. The number of hydrogen-bond donors (Lipinski definition) is 1. The largest absolute Gasteiger partial charge is 0.467 e. The smallest absolute Gasteiger partial charge is 0.247 e. The van der Waals surface area contributed by atoms with E-state index in [-0.39, 0.29) is 18.4 Å². The first kappa shape index (κ1) is 23.1. The van der Waals surface area contributed by atoms with Crippen molar-refractivity contribution >= 4 is 11.8 Å². The number of amides is 2. The molecule has 0 saturated carbocycles. The molecule has 0 bridgehead atoms. The predicted molar refractivity (Wildman–Crippen MR) is 131 cm³/mol. The van der Waals surface area contributed by atoms with Crippen molar-refractivity contribution in [2.24, 2.45) is 0 Å². The average Bonchev–Trinajstić information content (AvgIpc) is 3.41. The van der Waals surface area contributed by atoms with Crippen molar-refractivity contribution < 1.29 is 14.0 Å². The molecule has 0 saturated heterocycles. The number of furan rings is 1. The second kappa shape index (κ2) is 11.7. The van der Waals surface area contributed by atoms with Gasteiger partial charge in [0.1, 0.15) is 11.8 Å². The van der Waals surface area contributed by atoms with Gasteiger partial charge in [-0.3, -0.25) is 9.59 Å². The summed E-state index contributed by atoms with van der Waals surface area (Å²) in [7, 11) is 0. The van der Waals surface area contributed by atoms with Gasteiger partial charge in [0.05, 0.1) is 12.8 Å². The summed E-state index contributed by atoms with van der Waals surface area (Å²) in [6.07, 6.45) is 2.50. The van der Waals surface area contributed by atoms with E-state index in [1.807, 2.05) is 97.1 Å². The minimum atomic E-state index is -0.764. The number of nitrogens with one attached hydrogen (secondary N) is 1. The quantitative estimate of drug-likeness (QED) is 0.355. The molecule has 1 heterocycles. The maximum Gasteiger partial charge on any atom is 0.247 e. The highest BCUT2D eigenvalue weighted by molar-refractivity contribution is 5.88. The molecular weight excluding hydrogens is 424 g/mol. The van der Waals surface area contributed by atoms with E-state index in [1.165, 1.54) is 0 Å². The van der Waals surface area contributed by atoms with Gasteiger partial charge in [-0.1, -0.05) is 91.0 Å². The van der Waals surface area contributed by atoms with E-state index < -0.39 is 6.04 Å². The van der Waals surface area contributed by atoms with E-state index in [4.69, 9.17) is 4.42 Å². The van der Waals surface area contributed by atoms with Crippen LogP contribution < -0.4 is 5.32 Å². The number of nitrogens with zero attached hydrogens (tertiary/aromatic N) is 1. The Balaban J connectivity index is 1.61. The van der Waals surface area contributed by atoms with E-state index in [0.717, 1.165) is 16.7 Å². The van der Waals surface area contributed by atoms with Gasteiger partial charge in [0.25, 0.3) is 0 Å². The van der Waals surface area contributed by atoms with Crippen LogP contribution in [0.3, 0.4) is 0 Å². The fourth-order valence-corrected chi connectivity index (χ4v) is 3.94. The molecule has 1 N–H and O–H groups in total. The van der Waals surface area contributed by atoms with Crippen LogP contribution in [0.5, 0.6) is 0 Å². The maximum absolute atomic E-state index is 13.6. The SMILES string of the molecule is O=C(NCc1ccco1)[C@@H](c1ccccc1)N(Cc1ccccc1)C(=O)CCc1ccccc1. The summed E-state index contributed by atoms with van der Waals surface area (Å²) >= 11 is 0. The number of rotatable bonds is 10. The molecule has 0 spiro atoms. The third-order valence-electron chi connectivity index (χ3n) is 5.68. The van der Waals surface area contributed by atoms with E-state index in [1.54, 1.807) is 17.2 Å². The van der Waals surface area contributed by atoms with E-state index >= 15 is 0 Å². The second-order valence-corrected chi connectivity index (χ2v) is 8.10. The zero-order chi connectivity index (χ0) is 23.6. The highest BCUT2D eigenvalue weighted by Crippen LogP contribution is 2.25. The molecule has 5 heteroatoms. The van der Waals surface area contributed by atoms with E-state index in [0.29, 0.717) is 25.1 Å². The first-order valence-electron chi connectivity index (χ1n) is 11.4. The maximum atomic E-state index is 13.6. The fourth-order valence-electron chi connectivity index (χ4n) is 3.94. The lowest BCUT2D eigenvalue weighted by atomic mass is 10.0. The standard InChI is InChI=1S/C29H28N2O3/c32-27(19-18-23-11-4-1-5-12-23)31(22-24-13-6-2-7-14-24)28(25-15-8-3-9-16-25)29(33)30-21-26-17-10-20-34-26/h1-17,20,28H,18-19,21-22H2,(H,30,33)/t28-/m1/s1. The number of carbonyl (C=O) groups is 2. The van der Waals surface area contributed by atoms with Crippen LogP contribution in [0.1, 0.15) is 34.9 Å². The minimum absolute atomic E-state index is 0.0743. The molecule has 0 aliphatic carbocycles. The second-order valence-electron chi connectivity index (χ2n) is 8.10. The first-order chi connectivity index (χ1) is 16.7. The lowest BCUT2D eigenvalue weighted by Gasteiger charge is -2.31. The summed E-state index contributed by atoms with van der Waals surface area (Å²) in [5, 5.41) is 2.95. The molecule has 1 atom stereocenters. The predicted octanol–water partition coefficient (Wildman–Crippen LogP) is 5.30. The monoisotopic (exact) mass is 452 g/mol. The molecule has 1 aromatic heterocycles.